The third-order valence-electron chi connectivity index (χ3n) is 6.15. The Balaban J connectivity index is 1.48. The number of nitrogens with zero attached hydrogens (tertiary/aromatic N) is 4. The number of ether oxygens (including phenoxy) is 1. The molecule has 2 bridgehead atoms. The van der Waals surface area contributed by atoms with Gasteiger partial charge in [0.15, 0.2) is 5.82 Å². The number of fused-ring (bicyclic) bond motifs is 3. The summed E-state index contributed by atoms with van der Waals surface area (Å²) in [7, 11) is 0. The molecule has 31 heavy (non-hydrogen) atoms. The average Bonchev–Trinajstić information content (AvgIpc) is 3.01. The van der Waals surface area contributed by atoms with Crippen LogP contribution in [0.15, 0.2) is 36.7 Å². The predicted octanol–water partition coefficient (Wildman–Crippen LogP) is 4.64. The van der Waals surface area contributed by atoms with Gasteiger partial charge in [-0.2, -0.15) is 5.10 Å². The Kier molecular flexibility index (Phi) is 5.13. The molecule has 0 aliphatic carbocycles. The second kappa shape index (κ2) is 7.96. The third kappa shape index (κ3) is 3.56. The molecular formula is C22H22F3N5O. The first-order chi connectivity index (χ1) is 15.0. The molecule has 1 aromatic carbocycles. The normalized spacial score (nSPS) is 21.6. The minimum absolute atomic E-state index is 0.145. The Morgan fingerprint density at radius 1 is 1.13 bits per heavy atom. The zero-order valence-electron chi connectivity index (χ0n) is 16.9. The number of benzene rings is 1. The molecule has 9 heteroatoms. The van der Waals surface area contributed by atoms with Crippen LogP contribution in [0.3, 0.4) is 0 Å². The van der Waals surface area contributed by atoms with Gasteiger partial charge in [0, 0.05) is 10.9 Å². The van der Waals surface area contributed by atoms with E-state index in [4.69, 9.17) is 4.74 Å². The summed E-state index contributed by atoms with van der Waals surface area (Å²) in [5, 5.41) is 12.1. The van der Waals surface area contributed by atoms with Gasteiger partial charge in [0.25, 0.3) is 6.43 Å². The van der Waals surface area contributed by atoms with E-state index in [-0.39, 0.29) is 5.56 Å². The number of halogens is 3. The van der Waals surface area contributed by atoms with Crippen LogP contribution in [0.4, 0.5) is 24.7 Å². The third-order valence-corrected chi connectivity index (χ3v) is 6.15. The molecular weight excluding hydrogens is 407 g/mol. The number of rotatable bonds is 5. The SMILES string of the molecule is C[C@@H](Nc1nncc2ncc(N3C4CCC3COC4)cc12)c1cccc(C(F)F)c1F. The first-order valence-corrected chi connectivity index (χ1v) is 10.3. The molecule has 3 aromatic rings. The van der Waals surface area contributed by atoms with Crippen molar-refractivity contribution in [1.29, 1.82) is 0 Å². The lowest BCUT2D eigenvalue weighted by atomic mass is 10.0. The summed E-state index contributed by atoms with van der Waals surface area (Å²) in [5.74, 6) is -0.476. The summed E-state index contributed by atoms with van der Waals surface area (Å²) in [6.45, 7) is 3.10. The Morgan fingerprint density at radius 3 is 2.61 bits per heavy atom. The smallest absolute Gasteiger partial charge is 0.266 e. The molecule has 2 fully saturated rings. The highest BCUT2D eigenvalue weighted by Crippen LogP contribution is 2.36. The maximum atomic E-state index is 14.6. The maximum absolute atomic E-state index is 14.6. The van der Waals surface area contributed by atoms with Gasteiger partial charge in [0.1, 0.15) is 5.82 Å². The fourth-order valence-corrected chi connectivity index (χ4v) is 4.60. The Bertz CT molecular complexity index is 1100. The number of hydrogen-bond donors (Lipinski definition) is 1. The molecule has 2 unspecified atom stereocenters. The summed E-state index contributed by atoms with van der Waals surface area (Å²) >= 11 is 0. The molecule has 0 radical (unpaired) electrons. The lowest BCUT2D eigenvalue weighted by Gasteiger charge is -2.36. The van der Waals surface area contributed by atoms with Crippen molar-refractivity contribution in [3.05, 3.63) is 53.6 Å². The molecule has 0 spiro atoms. The van der Waals surface area contributed by atoms with Crippen molar-refractivity contribution in [2.75, 3.05) is 23.4 Å². The van der Waals surface area contributed by atoms with E-state index in [9.17, 15) is 13.2 Å². The Hall–Kier alpha value is -2.94. The number of morpholine rings is 1. The summed E-state index contributed by atoms with van der Waals surface area (Å²) in [4.78, 5) is 6.91. The largest absolute Gasteiger partial charge is 0.377 e. The number of hydrogen-bond acceptors (Lipinski definition) is 6. The van der Waals surface area contributed by atoms with Gasteiger partial charge in [-0.3, -0.25) is 4.98 Å². The first kappa shape index (κ1) is 20.0. The highest BCUT2D eigenvalue weighted by molar-refractivity contribution is 5.90. The van der Waals surface area contributed by atoms with Crippen molar-refractivity contribution in [2.24, 2.45) is 0 Å². The van der Waals surface area contributed by atoms with Crippen LogP contribution in [-0.4, -0.2) is 40.5 Å². The van der Waals surface area contributed by atoms with Gasteiger partial charge in [0.2, 0.25) is 0 Å². The molecule has 0 saturated carbocycles. The summed E-state index contributed by atoms with van der Waals surface area (Å²) in [5.41, 5.74) is 1.17. The fraction of sp³-hybridized carbons (Fsp3) is 0.409. The van der Waals surface area contributed by atoms with Crippen molar-refractivity contribution >= 4 is 22.4 Å². The van der Waals surface area contributed by atoms with Crippen LogP contribution in [0, 0.1) is 5.82 Å². The van der Waals surface area contributed by atoms with E-state index in [0.717, 1.165) is 30.0 Å². The van der Waals surface area contributed by atoms with E-state index in [0.29, 0.717) is 36.6 Å². The Labute approximate surface area is 177 Å². The lowest BCUT2D eigenvalue weighted by molar-refractivity contribution is 0.0906. The van der Waals surface area contributed by atoms with Crippen LogP contribution in [0.2, 0.25) is 0 Å². The van der Waals surface area contributed by atoms with Crippen LogP contribution in [-0.2, 0) is 4.74 Å². The zero-order chi connectivity index (χ0) is 21.5. The molecule has 2 aliphatic rings. The van der Waals surface area contributed by atoms with Gasteiger partial charge in [-0.1, -0.05) is 18.2 Å². The maximum Gasteiger partial charge on any atom is 0.266 e. The monoisotopic (exact) mass is 429 g/mol. The van der Waals surface area contributed by atoms with Gasteiger partial charge in [-0.05, 0) is 25.8 Å². The van der Waals surface area contributed by atoms with Crippen molar-refractivity contribution < 1.29 is 17.9 Å². The second-order valence-electron chi connectivity index (χ2n) is 8.07. The van der Waals surface area contributed by atoms with Crippen LogP contribution in [0.25, 0.3) is 10.9 Å². The van der Waals surface area contributed by atoms with Crippen LogP contribution in [0.5, 0.6) is 0 Å². The van der Waals surface area contributed by atoms with Crippen LogP contribution < -0.4 is 10.2 Å². The van der Waals surface area contributed by atoms with Gasteiger partial charge < -0.3 is 15.0 Å². The van der Waals surface area contributed by atoms with Gasteiger partial charge >= 0.3 is 0 Å². The molecule has 2 aromatic heterocycles. The average molecular weight is 429 g/mol. The van der Waals surface area contributed by atoms with E-state index < -0.39 is 23.8 Å². The van der Waals surface area contributed by atoms with E-state index in [2.05, 4.69) is 25.4 Å². The van der Waals surface area contributed by atoms with E-state index >= 15 is 0 Å². The zero-order valence-corrected chi connectivity index (χ0v) is 16.9. The summed E-state index contributed by atoms with van der Waals surface area (Å²) < 4.78 is 46.5. The van der Waals surface area contributed by atoms with Gasteiger partial charge in [0.05, 0.1) is 60.5 Å². The molecule has 2 aliphatic heterocycles. The molecule has 4 heterocycles. The highest BCUT2D eigenvalue weighted by atomic mass is 19.3. The second-order valence-corrected chi connectivity index (χ2v) is 8.07. The highest BCUT2D eigenvalue weighted by Gasteiger charge is 2.37. The van der Waals surface area contributed by atoms with E-state index in [1.165, 1.54) is 12.1 Å². The van der Waals surface area contributed by atoms with Crippen molar-refractivity contribution in [1.82, 2.24) is 15.2 Å². The Morgan fingerprint density at radius 2 is 1.87 bits per heavy atom. The van der Waals surface area contributed by atoms with Crippen molar-refractivity contribution in [3.63, 3.8) is 0 Å². The summed E-state index contributed by atoms with van der Waals surface area (Å²) in [6, 6.07) is 6.09. The number of pyridine rings is 1. The quantitative estimate of drug-likeness (QED) is 0.638. The van der Waals surface area contributed by atoms with E-state index in [1.54, 1.807) is 13.1 Å². The van der Waals surface area contributed by atoms with Crippen LogP contribution >= 0.6 is 0 Å². The number of alkyl halides is 2. The standard InChI is InChI=1S/C22H22F3N5O/c1-12(16-3-2-4-17(20(16)23)21(24)25)28-22-18-7-15(8-26-19(18)9-27-29-22)30-13-5-6-14(30)11-31-10-13/h2-4,7-9,12-14,21H,5-6,10-11H2,1H3,(H,28,29)/t12-,13?,14?/m1/s1. The molecule has 6 nitrogen and oxygen atoms in total. The topological polar surface area (TPSA) is 63.2 Å². The van der Waals surface area contributed by atoms with Crippen molar-refractivity contribution in [2.45, 2.75) is 44.3 Å². The number of anilines is 2. The molecule has 3 atom stereocenters. The van der Waals surface area contributed by atoms with Crippen molar-refractivity contribution in [3.8, 4) is 0 Å². The lowest BCUT2D eigenvalue weighted by Crippen LogP contribution is -2.45. The predicted molar refractivity (Wildman–Crippen MR) is 111 cm³/mol. The number of nitrogens with one attached hydrogen (secondary N) is 1. The minimum Gasteiger partial charge on any atom is -0.377 e. The first-order valence-electron chi connectivity index (χ1n) is 10.3. The summed E-state index contributed by atoms with van der Waals surface area (Å²) in [6.07, 6.45) is 2.69. The molecule has 2 saturated heterocycles. The molecule has 162 valence electrons. The number of aromatic nitrogens is 3. The van der Waals surface area contributed by atoms with Crippen LogP contribution in [0.1, 0.15) is 43.4 Å². The fourth-order valence-electron chi connectivity index (χ4n) is 4.60. The molecule has 1 N–H and O–H groups in total. The molecule has 0 amide bonds. The molecule has 5 rings (SSSR count). The van der Waals surface area contributed by atoms with Gasteiger partial charge in [-0.15, -0.1) is 5.10 Å². The minimum atomic E-state index is -2.87. The van der Waals surface area contributed by atoms with E-state index in [1.807, 2.05) is 12.3 Å². The van der Waals surface area contributed by atoms with Gasteiger partial charge in [-0.25, -0.2) is 13.2 Å².